The highest BCUT2D eigenvalue weighted by Gasteiger charge is 2.42. The molecule has 1 aliphatic carbocycles. The summed E-state index contributed by atoms with van der Waals surface area (Å²) in [6.45, 7) is 2.13. The third kappa shape index (κ3) is 4.15. The molecule has 2 aliphatic rings. The lowest BCUT2D eigenvalue weighted by atomic mass is 9.84. The first-order valence-electron chi connectivity index (χ1n) is 10.1. The Kier molecular flexibility index (Phi) is 5.83. The topological polar surface area (TPSA) is 60.9 Å². The third-order valence-electron chi connectivity index (χ3n) is 6.02. The normalized spacial score (nSPS) is 23.8. The van der Waals surface area contributed by atoms with Gasteiger partial charge in [0.25, 0.3) is 0 Å². The molecule has 2 fully saturated rings. The molecule has 5 nitrogen and oxygen atoms in total. The van der Waals surface area contributed by atoms with E-state index in [9.17, 15) is 13.5 Å². The maximum Gasteiger partial charge on any atom is 0.243 e. The van der Waals surface area contributed by atoms with Crippen LogP contribution in [0.2, 0.25) is 0 Å². The fraction of sp³-hybridized carbons (Fsp3) is 0.455. The van der Waals surface area contributed by atoms with Crippen LogP contribution in [-0.4, -0.2) is 54.5 Å². The summed E-state index contributed by atoms with van der Waals surface area (Å²) < 4.78 is 27.4. The molecule has 2 atom stereocenters. The van der Waals surface area contributed by atoms with Gasteiger partial charge in [-0.2, -0.15) is 4.31 Å². The Balaban J connectivity index is 1.53. The molecule has 150 valence electrons. The Labute approximate surface area is 167 Å². The monoisotopic (exact) mass is 400 g/mol. The Bertz CT molecular complexity index is 869. The Morgan fingerprint density at radius 1 is 0.964 bits per heavy atom. The summed E-state index contributed by atoms with van der Waals surface area (Å²) in [6.07, 6.45) is 3.04. The molecule has 28 heavy (non-hydrogen) atoms. The van der Waals surface area contributed by atoms with Crippen LogP contribution in [0.3, 0.4) is 0 Å². The number of hydrogen-bond acceptors (Lipinski definition) is 4. The van der Waals surface area contributed by atoms with Crippen LogP contribution >= 0.6 is 0 Å². The van der Waals surface area contributed by atoms with Crippen molar-refractivity contribution in [1.82, 2.24) is 9.21 Å². The summed E-state index contributed by atoms with van der Waals surface area (Å²) in [5.74, 6) is 0.649. The van der Waals surface area contributed by atoms with Crippen LogP contribution in [0, 0.1) is 5.92 Å². The smallest absolute Gasteiger partial charge is 0.243 e. The van der Waals surface area contributed by atoms with Crippen molar-refractivity contribution in [2.45, 2.75) is 42.8 Å². The van der Waals surface area contributed by atoms with Crippen LogP contribution < -0.4 is 0 Å². The number of aliphatic hydroxyl groups excluding tert-OH is 1. The van der Waals surface area contributed by atoms with Crippen LogP contribution in [0.4, 0.5) is 0 Å². The van der Waals surface area contributed by atoms with Crippen LogP contribution in [-0.2, 0) is 16.6 Å². The highest BCUT2D eigenvalue weighted by atomic mass is 32.2. The van der Waals surface area contributed by atoms with Gasteiger partial charge in [0.1, 0.15) is 0 Å². The highest BCUT2D eigenvalue weighted by Crippen LogP contribution is 2.31. The van der Waals surface area contributed by atoms with Gasteiger partial charge in [0.05, 0.1) is 17.0 Å². The highest BCUT2D eigenvalue weighted by molar-refractivity contribution is 7.89. The van der Waals surface area contributed by atoms with Gasteiger partial charge in [0, 0.05) is 26.2 Å². The van der Waals surface area contributed by atoms with E-state index in [0.717, 1.165) is 13.1 Å². The van der Waals surface area contributed by atoms with Gasteiger partial charge in [-0.3, -0.25) is 4.90 Å². The molecule has 0 spiro atoms. The summed E-state index contributed by atoms with van der Waals surface area (Å²) in [4.78, 5) is 2.58. The lowest BCUT2D eigenvalue weighted by Gasteiger charge is -2.37. The molecule has 0 amide bonds. The molecular weight excluding hydrogens is 372 g/mol. The van der Waals surface area contributed by atoms with Gasteiger partial charge in [0.2, 0.25) is 10.0 Å². The number of nitrogens with zero attached hydrogens (tertiary/aromatic N) is 2. The second kappa shape index (κ2) is 8.33. The van der Waals surface area contributed by atoms with E-state index in [1.807, 2.05) is 18.2 Å². The lowest BCUT2D eigenvalue weighted by molar-refractivity contribution is 0.0558. The molecule has 1 saturated heterocycles. The summed E-state index contributed by atoms with van der Waals surface area (Å²) in [7, 11) is -3.58. The zero-order chi connectivity index (χ0) is 19.6. The Morgan fingerprint density at radius 3 is 2.21 bits per heavy atom. The summed E-state index contributed by atoms with van der Waals surface area (Å²) in [5, 5.41) is 10.8. The van der Waals surface area contributed by atoms with E-state index >= 15 is 0 Å². The van der Waals surface area contributed by atoms with Crippen molar-refractivity contribution in [3.63, 3.8) is 0 Å². The first-order valence-corrected chi connectivity index (χ1v) is 11.5. The van der Waals surface area contributed by atoms with E-state index in [1.165, 1.54) is 29.1 Å². The van der Waals surface area contributed by atoms with Crippen molar-refractivity contribution in [3.05, 3.63) is 66.2 Å². The van der Waals surface area contributed by atoms with E-state index in [0.29, 0.717) is 12.5 Å². The standard InChI is InChI=1S/C22H28N2O3S/c25-22-17-24(28(26,27)20-12-5-2-6-13-20)16-21(22)23(15-19-10-7-11-19)14-18-8-3-1-4-9-18/h1-6,8-9,12-13,19,21-22,25H,7,10-11,14-17H2/t21-,22-/m0/s1. The van der Waals surface area contributed by atoms with Crippen LogP contribution in [0.1, 0.15) is 24.8 Å². The minimum Gasteiger partial charge on any atom is -0.390 e. The van der Waals surface area contributed by atoms with Gasteiger partial charge in [-0.25, -0.2) is 8.42 Å². The summed E-state index contributed by atoms with van der Waals surface area (Å²) >= 11 is 0. The van der Waals surface area contributed by atoms with Crippen molar-refractivity contribution in [1.29, 1.82) is 0 Å². The van der Waals surface area contributed by atoms with Crippen LogP contribution in [0.25, 0.3) is 0 Å². The van der Waals surface area contributed by atoms with E-state index in [-0.39, 0.29) is 17.5 Å². The van der Waals surface area contributed by atoms with Crippen molar-refractivity contribution < 1.29 is 13.5 Å². The third-order valence-corrected chi connectivity index (χ3v) is 7.87. The molecule has 1 heterocycles. The molecule has 2 aromatic rings. The van der Waals surface area contributed by atoms with Gasteiger partial charge >= 0.3 is 0 Å². The molecule has 4 rings (SSSR count). The number of aliphatic hydroxyl groups is 1. The minimum absolute atomic E-state index is 0.151. The number of benzene rings is 2. The van der Waals surface area contributed by atoms with Crippen LogP contribution in [0.15, 0.2) is 65.6 Å². The molecule has 1 saturated carbocycles. The Hall–Kier alpha value is -1.73. The Morgan fingerprint density at radius 2 is 1.61 bits per heavy atom. The average molecular weight is 401 g/mol. The molecule has 1 N–H and O–H groups in total. The summed E-state index contributed by atoms with van der Waals surface area (Å²) in [6, 6.07) is 18.5. The van der Waals surface area contributed by atoms with Gasteiger partial charge in [-0.15, -0.1) is 0 Å². The first-order chi connectivity index (χ1) is 13.5. The molecule has 0 radical (unpaired) electrons. The van der Waals surface area contributed by atoms with Gasteiger partial charge < -0.3 is 5.11 Å². The number of hydrogen-bond donors (Lipinski definition) is 1. The van der Waals surface area contributed by atoms with Crippen LogP contribution in [0.5, 0.6) is 0 Å². The van der Waals surface area contributed by atoms with E-state index < -0.39 is 16.1 Å². The van der Waals surface area contributed by atoms with Crippen molar-refractivity contribution in [3.8, 4) is 0 Å². The van der Waals surface area contributed by atoms with Gasteiger partial charge in [0.15, 0.2) is 0 Å². The van der Waals surface area contributed by atoms with E-state index in [2.05, 4.69) is 17.0 Å². The van der Waals surface area contributed by atoms with Gasteiger partial charge in [-0.05, 0) is 36.5 Å². The molecule has 1 aliphatic heterocycles. The van der Waals surface area contributed by atoms with E-state index in [4.69, 9.17) is 0 Å². The van der Waals surface area contributed by atoms with E-state index in [1.54, 1.807) is 30.3 Å². The first kappa shape index (κ1) is 19.6. The second-order valence-corrected chi connectivity index (χ2v) is 9.92. The average Bonchev–Trinajstić information content (AvgIpc) is 3.07. The quantitative estimate of drug-likeness (QED) is 0.776. The predicted octanol–water partition coefficient (Wildman–Crippen LogP) is 2.72. The van der Waals surface area contributed by atoms with Crippen molar-refractivity contribution >= 4 is 10.0 Å². The minimum atomic E-state index is -3.58. The molecule has 2 aromatic carbocycles. The molecule has 0 aromatic heterocycles. The zero-order valence-corrected chi connectivity index (χ0v) is 16.8. The fourth-order valence-electron chi connectivity index (χ4n) is 4.17. The maximum absolute atomic E-state index is 13.0. The molecule has 6 heteroatoms. The zero-order valence-electron chi connectivity index (χ0n) is 16.0. The SMILES string of the molecule is O=S(=O)(c1ccccc1)N1C[C@H](O)[C@@H](N(Cc2ccccc2)CC2CCC2)C1. The molecule has 0 bridgehead atoms. The number of rotatable bonds is 7. The number of β-amino-alcohol motifs (C(OH)–C–C–N with tert-alkyl or cyclic N) is 1. The van der Waals surface area contributed by atoms with Crippen molar-refractivity contribution in [2.75, 3.05) is 19.6 Å². The molecular formula is C22H28N2O3S. The maximum atomic E-state index is 13.0. The lowest BCUT2D eigenvalue weighted by Crippen LogP contribution is -2.46. The largest absolute Gasteiger partial charge is 0.390 e. The fourth-order valence-corrected chi connectivity index (χ4v) is 5.67. The predicted molar refractivity (Wildman–Crippen MR) is 109 cm³/mol. The second-order valence-electron chi connectivity index (χ2n) is 7.98. The van der Waals surface area contributed by atoms with Crippen molar-refractivity contribution in [2.24, 2.45) is 5.92 Å². The molecule has 0 unspecified atom stereocenters. The van der Waals surface area contributed by atoms with Gasteiger partial charge in [-0.1, -0.05) is 55.0 Å². The number of sulfonamides is 1. The summed E-state index contributed by atoms with van der Waals surface area (Å²) in [5.41, 5.74) is 1.19.